The molecule has 5 heteroatoms. The Bertz CT molecular complexity index is 203. The van der Waals surface area contributed by atoms with Gasteiger partial charge in [0.1, 0.15) is 5.84 Å². The zero-order valence-corrected chi connectivity index (χ0v) is 9.00. The number of hydrogen-bond donors (Lipinski definition) is 1. The van der Waals surface area contributed by atoms with E-state index in [0.29, 0.717) is 0 Å². The Labute approximate surface area is 82.6 Å². The van der Waals surface area contributed by atoms with Crippen molar-refractivity contribution in [1.82, 2.24) is 4.90 Å². The molecule has 2 nitrogen and oxygen atoms in total. The van der Waals surface area contributed by atoms with Crippen molar-refractivity contribution in [2.45, 2.75) is 33.4 Å². The van der Waals surface area contributed by atoms with Gasteiger partial charge in [-0.25, -0.2) is 0 Å². The van der Waals surface area contributed by atoms with Crippen LogP contribution < -0.4 is 0 Å². The predicted molar refractivity (Wildman–Crippen MR) is 50.5 cm³/mol. The largest absolute Gasteiger partial charge is 0.390 e. The van der Waals surface area contributed by atoms with Crippen molar-refractivity contribution >= 4 is 5.84 Å². The molecule has 1 N–H and O–H groups in total. The monoisotopic (exact) mass is 210 g/mol. The van der Waals surface area contributed by atoms with Crippen LogP contribution in [-0.2, 0) is 0 Å². The maximum Gasteiger partial charge on any atom is 0.390 e. The average molecular weight is 210 g/mol. The van der Waals surface area contributed by atoms with Gasteiger partial charge < -0.3 is 4.90 Å². The van der Waals surface area contributed by atoms with E-state index in [9.17, 15) is 13.2 Å². The van der Waals surface area contributed by atoms with E-state index in [2.05, 4.69) is 0 Å². The average Bonchev–Trinajstić information content (AvgIpc) is 1.95. The number of halogens is 3. The molecule has 84 valence electrons. The predicted octanol–water partition coefficient (Wildman–Crippen LogP) is 2.89. The van der Waals surface area contributed by atoms with Crippen molar-refractivity contribution in [3.05, 3.63) is 0 Å². The van der Waals surface area contributed by atoms with E-state index in [1.165, 1.54) is 11.9 Å². The summed E-state index contributed by atoms with van der Waals surface area (Å²) in [5, 5.41) is 7.61. The third-order valence-electron chi connectivity index (χ3n) is 1.82. The Morgan fingerprint density at radius 3 is 1.93 bits per heavy atom. The Morgan fingerprint density at radius 1 is 1.21 bits per heavy atom. The molecule has 0 saturated carbocycles. The van der Waals surface area contributed by atoms with Gasteiger partial charge in [-0.3, -0.25) is 5.41 Å². The van der Waals surface area contributed by atoms with Crippen molar-refractivity contribution in [1.29, 1.82) is 5.41 Å². The van der Waals surface area contributed by atoms with Crippen LogP contribution in [0.2, 0.25) is 0 Å². The van der Waals surface area contributed by atoms with Gasteiger partial charge in [0.25, 0.3) is 0 Å². The first-order chi connectivity index (χ1) is 6.04. The zero-order valence-electron chi connectivity index (χ0n) is 9.00. The molecule has 0 rings (SSSR count). The molecule has 0 fully saturated rings. The van der Waals surface area contributed by atoms with E-state index in [1.54, 1.807) is 20.8 Å². The lowest BCUT2D eigenvalue weighted by atomic mass is 9.94. The summed E-state index contributed by atoms with van der Waals surface area (Å²) < 4.78 is 35.6. The van der Waals surface area contributed by atoms with E-state index in [0.717, 1.165) is 0 Å². The van der Waals surface area contributed by atoms with Crippen LogP contribution in [0.4, 0.5) is 13.2 Å². The molecule has 0 aliphatic heterocycles. The third-order valence-corrected chi connectivity index (χ3v) is 1.82. The Kier molecular flexibility index (Phi) is 3.97. The molecule has 0 aliphatic carbocycles. The fourth-order valence-corrected chi connectivity index (χ4v) is 0.979. The number of amidine groups is 1. The lowest BCUT2D eigenvalue weighted by Gasteiger charge is -2.29. The highest BCUT2D eigenvalue weighted by atomic mass is 19.4. The first-order valence-electron chi connectivity index (χ1n) is 4.41. The summed E-state index contributed by atoms with van der Waals surface area (Å²) in [5.41, 5.74) is -0.402. The topological polar surface area (TPSA) is 27.1 Å². The number of rotatable bonds is 2. The normalized spacial score (nSPS) is 12.8. The van der Waals surface area contributed by atoms with Crippen molar-refractivity contribution < 1.29 is 13.2 Å². The maximum atomic E-state index is 11.9. The highest BCUT2D eigenvalue weighted by Crippen LogP contribution is 2.22. The van der Waals surface area contributed by atoms with Crippen LogP contribution in [0.15, 0.2) is 0 Å². The number of nitrogens with zero attached hydrogens (tertiary/aromatic N) is 1. The zero-order chi connectivity index (χ0) is 11.6. The second kappa shape index (κ2) is 4.19. The molecular formula is C9H17F3N2. The molecule has 0 atom stereocenters. The van der Waals surface area contributed by atoms with Crippen LogP contribution in [-0.4, -0.2) is 30.5 Å². The van der Waals surface area contributed by atoms with Crippen LogP contribution in [0, 0.1) is 10.8 Å². The van der Waals surface area contributed by atoms with Crippen LogP contribution in [0.5, 0.6) is 0 Å². The molecule has 0 bridgehead atoms. The summed E-state index contributed by atoms with van der Waals surface area (Å²) in [5.74, 6) is 0.224. The van der Waals surface area contributed by atoms with Gasteiger partial charge >= 0.3 is 6.18 Å². The van der Waals surface area contributed by atoms with Crippen molar-refractivity contribution in [2.75, 3.05) is 13.6 Å². The van der Waals surface area contributed by atoms with Gasteiger partial charge in [-0.1, -0.05) is 20.8 Å². The van der Waals surface area contributed by atoms with E-state index < -0.39 is 18.0 Å². The van der Waals surface area contributed by atoms with Crippen molar-refractivity contribution in [3.63, 3.8) is 0 Å². The molecule has 0 aromatic rings. The second-order valence-corrected chi connectivity index (χ2v) is 4.39. The van der Waals surface area contributed by atoms with Crippen LogP contribution >= 0.6 is 0 Å². The number of alkyl halides is 3. The fraction of sp³-hybridized carbons (Fsp3) is 0.889. The minimum absolute atomic E-state index is 0.153. The van der Waals surface area contributed by atoms with Crippen LogP contribution in [0.3, 0.4) is 0 Å². The summed E-state index contributed by atoms with van der Waals surface area (Å²) in [6, 6.07) is 0. The summed E-state index contributed by atoms with van der Waals surface area (Å²) in [6.45, 7) is 5.26. The molecule has 0 heterocycles. The van der Waals surface area contributed by atoms with Crippen molar-refractivity contribution in [2.24, 2.45) is 5.41 Å². The molecule has 0 amide bonds. The van der Waals surface area contributed by atoms with Gasteiger partial charge in [0.15, 0.2) is 0 Å². The molecule has 0 aromatic carbocycles. The van der Waals surface area contributed by atoms with Crippen LogP contribution in [0.25, 0.3) is 0 Å². The second-order valence-electron chi connectivity index (χ2n) is 4.39. The van der Waals surface area contributed by atoms with Crippen molar-refractivity contribution in [3.8, 4) is 0 Å². The SMILES string of the molecule is CN(CCC(F)(F)F)C(=N)C(C)(C)C. The highest BCUT2D eigenvalue weighted by Gasteiger charge is 2.29. The molecule has 0 unspecified atom stereocenters. The summed E-state index contributed by atoms with van der Waals surface area (Å²) in [7, 11) is 1.51. The minimum atomic E-state index is -4.15. The van der Waals surface area contributed by atoms with Gasteiger partial charge in [-0.2, -0.15) is 13.2 Å². The Morgan fingerprint density at radius 2 is 1.64 bits per heavy atom. The summed E-state index contributed by atoms with van der Waals surface area (Å²) in [6.07, 6.45) is -5.02. The van der Waals surface area contributed by atoms with E-state index in [1.807, 2.05) is 0 Å². The van der Waals surface area contributed by atoms with Gasteiger partial charge in [-0.05, 0) is 0 Å². The van der Waals surface area contributed by atoms with Gasteiger partial charge in [0.2, 0.25) is 0 Å². The lowest BCUT2D eigenvalue weighted by Crippen LogP contribution is -2.37. The summed E-state index contributed by atoms with van der Waals surface area (Å²) >= 11 is 0. The third kappa shape index (κ3) is 5.09. The first kappa shape index (κ1) is 13.3. The fourth-order valence-electron chi connectivity index (χ4n) is 0.979. The molecule has 0 saturated heterocycles. The standard InChI is InChI=1S/C9H17F3N2/c1-8(2,3)7(13)14(4)6-5-9(10,11)12/h13H,5-6H2,1-4H3. The maximum absolute atomic E-state index is 11.9. The number of hydrogen-bond acceptors (Lipinski definition) is 1. The smallest absolute Gasteiger partial charge is 0.363 e. The first-order valence-corrected chi connectivity index (χ1v) is 4.41. The highest BCUT2D eigenvalue weighted by molar-refractivity contribution is 5.83. The van der Waals surface area contributed by atoms with Gasteiger partial charge in [0.05, 0.1) is 6.42 Å². The Balaban J connectivity index is 4.11. The molecule has 14 heavy (non-hydrogen) atoms. The molecule has 0 aromatic heterocycles. The van der Waals surface area contributed by atoms with E-state index in [4.69, 9.17) is 5.41 Å². The van der Waals surface area contributed by atoms with Gasteiger partial charge in [-0.15, -0.1) is 0 Å². The summed E-state index contributed by atoms with van der Waals surface area (Å²) in [4.78, 5) is 1.34. The molecule has 0 aliphatic rings. The lowest BCUT2D eigenvalue weighted by molar-refractivity contribution is -0.135. The quantitative estimate of drug-likeness (QED) is 0.550. The molecular weight excluding hydrogens is 193 g/mol. The van der Waals surface area contributed by atoms with E-state index in [-0.39, 0.29) is 12.4 Å². The van der Waals surface area contributed by atoms with E-state index >= 15 is 0 Å². The van der Waals surface area contributed by atoms with Gasteiger partial charge in [0, 0.05) is 19.0 Å². The molecule has 0 radical (unpaired) electrons. The van der Waals surface area contributed by atoms with Crippen LogP contribution in [0.1, 0.15) is 27.2 Å². The number of nitrogens with one attached hydrogen (secondary N) is 1. The minimum Gasteiger partial charge on any atom is -0.363 e. The Hall–Kier alpha value is -0.740. The molecule has 0 spiro atoms.